The van der Waals surface area contributed by atoms with Gasteiger partial charge in [0.15, 0.2) is 0 Å². The Balaban J connectivity index is 1.77. The molecule has 0 atom stereocenters. The fraction of sp³-hybridized carbons (Fsp3) is 0.750. The molecular formula is C24H42O3Si3. The summed E-state index contributed by atoms with van der Waals surface area (Å²) < 4.78 is 21.8. The summed E-state index contributed by atoms with van der Waals surface area (Å²) in [7, 11) is -7.85. The molecule has 1 saturated heterocycles. The van der Waals surface area contributed by atoms with Crippen LogP contribution < -0.4 is 0 Å². The minimum Gasteiger partial charge on any atom is -0.409 e. The average molecular weight is 463 g/mol. The van der Waals surface area contributed by atoms with Crippen molar-refractivity contribution in [2.75, 3.05) is 0 Å². The normalized spacial score (nSPS) is 40.0. The van der Waals surface area contributed by atoms with Crippen molar-refractivity contribution in [3.8, 4) is 0 Å². The van der Waals surface area contributed by atoms with Crippen LogP contribution in [0.4, 0.5) is 0 Å². The highest BCUT2D eigenvalue weighted by Gasteiger charge is 2.66. The van der Waals surface area contributed by atoms with E-state index in [0.717, 1.165) is 0 Å². The topological polar surface area (TPSA) is 27.7 Å². The van der Waals surface area contributed by atoms with Crippen molar-refractivity contribution in [2.24, 2.45) is 0 Å². The van der Waals surface area contributed by atoms with E-state index in [-0.39, 0.29) is 0 Å². The van der Waals surface area contributed by atoms with Gasteiger partial charge in [-0.2, -0.15) is 0 Å². The molecule has 30 heavy (non-hydrogen) atoms. The quantitative estimate of drug-likeness (QED) is 0.381. The van der Waals surface area contributed by atoms with Crippen molar-refractivity contribution >= 4 is 25.7 Å². The van der Waals surface area contributed by atoms with Gasteiger partial charge >= 0.3 is 25.7 Å². The summed E-state index contributed by atoms with van der Waals surface area (Å²) in [5, 5.41) is 0. The molecule has 0 N–H and O–H groups in total. The lowest BCUT2D eigenvalue weighted by atomic mass is 10.0. The second-order valence-electron chi connectivity index (χ2n) is 10.1. The van der Waals surface area contributed by atoms with E-state index in [4.69, 9.17) is 12.3 Å². The van der Waals surface area contributed by atoms with E-state index in [2.05, 4.69) is 36.8 Å². The molecule has 0 spiro atoms. The molecular weight excluding hydrogens is 421 g/mol. The molecule has 3 saturated carbocycles. The summed E-state index contributed by atoms with van der Waals surface area (Å²) in [5.74, 6) is 0. The van der Waals surface area contributed by atoms with Crippen LogP contribution >= 0.6 is 0 Å². The van der Waals surface area contributed by atoms with Crippen molar-refractivity contribution in [3.63, 3.8) is 0 Å². The highest BCUT2D eigenvalue weighted by Crippen LogP contribution is 2.54. The van der Waals surface area contributed by atoms with E-state index in [1.165, 1.54) is 96.3 Å². The molecule has 6 heteroatoms. The molecule has 4 fully saturated rings. The van der Waals surface area contributed by atoms with Gasteiger partial charge in [0, 0.05) is 16.6 Å². The Morgan fingerprint density at radius 3 is 0.867 bits per heavy atom. The molecule has 1 heterocycles. The van der Waals surface area contributed by atoms with Crippen LogP contribution in [0.3, 0.4) is 0 Å². The third-order valence-corrected chi connectivity index (χ3v) is 22.8. The zero-order valence-corrected chi connectivity index (χ0v) is 21.9. The summed E-state index contributed by atoms with van der Waals surface area (Å²) in [6.07, 6.45) is 19.1. The third-order valence-electron chi connectivity index (χ3n) is 8.33. The molecule has 3 nitrogen and oxygen atoms in total. The molecule has 0 aromatic heterocycles. The molecule has 4 aliphatic rings. The highest BCUT2D eigenvalue weighted by atomic mass is 28.5. The van der Waals surface area contributed by atoms with Gasteiger partial charge in [0.1, 0.15) is 0 Å². The van der Waals surface area contributed by atoms with E-state index in [1.54, 1.807) is 0 Å². The van der Waals surface area contributed by atoms with Crippen LogP contribution in [0.25, 0.3) is 0 Å². The zero-order valence-electron chi connectivity index (χ0n) is 18.9. The fourth-order valence-corrected chi connectivity index (χ4v) is 24.8. The maximum absolute atomic E-state index is 7.27. The number of hydrogen-bond acceptors (Lipinski definition) is 3. The first-order chi connectivity index (χ1) is 14.6. The first kappa shape index (κ1) is 22.9. The summed E-state index contributed by atoms with van der Waals surface area (Å²) in [6, 6.07) is 0. The van der Waals surface area contributed by atoms with Crippen LogP contribution in [0, 0.1) is 0 Å². The maximum atomic E-state index is 7.27. The average Bonchev–Trinajstić information content (AvgIpc) is 2.85. The summed E-state index contributed by atoms with van der Waals surface area (Å²) >= 11 is 0. The maximum Gasteiger partial charge on any atom is 0.350 e. The van der Waals surface area contributed by atoms with Crippen LogP contribution in [-0.4, -0.2) is 25.7 Å². The van der Waals surface area contributed by atoms with Gasteiger partial charge in [-0.1, -0.05) is 74.9 Å². The molecule has 0 aromatic rings. The van der Waals surface area contributed by atoms with Crippen molar-refractivity contribution < 1.29 is 12.3 Å². The van der Waals surface area contributed by atoms with Crippen LogP contribution in [0.2, 0.25) is 16.6 Å². The van der Waals surface area contributed by atoms with Gasteiger partial charge in [-0.15, -0.1) is 19.7 Å². The molecule has 0 bridgehead atoms. The Labute approximate surface area is 187 Å². The van der Waals surface area contributed by atoms with Crippen molar-refractivity contribution in [1.29, 1.82) is 0 Å². The van der Waals surface area contributed by atoms with E-state index < -0.39 is 25.7 Å². The molecule has 0 aromatic carbocycles. The predicted octanol–water partition coefficient (Wildman–Crippen LogP) is 7.55. The molecule has 168 valence electrons. The van der Waals surface area contributed by atoms with Gasteiger partial charge in [0.2, 0.25) is 0 Å². The molecule has 3 aliphatic carbocycles. The Morgan fingerprint density at radius 1 is 0.433 bits per heavy atom. The summed E-state index contributed by atoms with van der Waals surface area (Å²) in [5.41, 5.74) is 7.98. The van der Waals surface area contributed by atoms with Crippen LogP contribution in [-0.2, 0) is 12.3 Å². The second kappa shape index (κ2) is 9.71. The van der Waals surface area contributed by atoms with E-state index >= 15 is 0 Å². The fourth-order valence-electron chi connectivity index (χ4n) is 6.58. The molecule has 4 rings (SSSR count). The minimum atomic E-state index is -2.62. The van der Waals surface area contributed by atoms with Gasteiger partial charge in [-0.3, -0.25) is 0 Å². The largest absolute Gasteiger partial charge is 0.409 e. The van der Waals surface area contributed by atoms with Gasteiger partial charge in [0.25, 0.3) is 0 Å². The second-order valence-corrected chi connectivity index (χ2v) is 20.5. The Hall–Kier alpha value is -0.249. The zero-order chi connectivity index (χ0) is 21.1. The molecule has 0 amide bonds. The predicted molar refractivity (Wildman–Crippen MR) is 132 cm³/mol. The monoisotopic (exact) mass is 462 g/mol. The SMILES string of the molecule is C=C[Si]1(C2CCCCC2)O[Si](C=C)(C2CCCCC2)O[Si](C=C)(C2CCCCC2)O1. The Bertz CT molecular complexity index is 528. The van der Waals surface area contributed by atoms with E-state index in [9.17, 15) is 0 Å². The van der Waals surface area contributed by atoms with Crippen LogP contribution in [0.5, 0.6) is 0 Å². The summed E-state index contributed by atoms with van der Waals surface area (Å²) in [6.45, 7) is 13.1. The van der Waals surface area contributed by atoms with Crippen molar-refractivity contribution in [2.45, 2.75) is 113 Å². The lowest BCUT2D eigenvalue weighted by molar-refractivity contribution is 0.191. The standard InChI is InChI=1S/C24H42O3Si3/c1-4-28(22-16-10-7-11-17-22)25-29(5-2,23-18-12-8-13-19-23)27-30(6-3,26-28)24-20-14-9-15-21-24/h4-6,22-24H,1-3,7-21H2. The first-order valence-electron chi connectivity index (χ1n) is 12.6. The highest BCUT2D eigenvalue weighted by molar-refractivity contribution is 7.00. The van der Waals surface area contributed by atoms with Crippen LogP contribution in [0.1, 0.15) is 96.3 Å². The lowest BCUT2D eigenvalue weighted by Gasteiger charge is -2.57. The van der Waals surface area contributed by atoms with Gasteiger partial charge in [0.05, 0.1) is 0 Å². The molecule has 0 unspecified atom stereocenters. The van der Waals surface area contributed by atoms with Gasteiger partial charge < -0.3 is 12.3 Å². The Morgan fingerprint density at radius 2 is 0.667 bits per heavy atom. The van der Waals surface area contributed by atoms with Crippen LogP contribution in [0.15, 0.2) is 36.8 Å². The number of rotatable bonds is 6. The third kappa shape index (κ3) is 4.20. The number of hydrogen-bond donors (Lipinski definition) is 0. The molecule has 1 aliphatic heterocycles. The Kier molecular flexibility index (Phi) is 7.42. The van der Waals surface area contributed by atoms with Crippen molar-refractivity contribution in [1.82, 2.24) is 0 Å². The van der Waals surface area contributed by atoms with Gasteiger partial charge in [-0.05, 0) is 38.5 Å². The van der Waals surface area contributed by atoms with Crippen molar-refractivity contribution in [3.05, 3.63) is 36.8 Å². The smallest absolute Gasteiger partial charge is 0.350 e. The lowest BCUT2D eigenvalue weighted by Crippen LogP contribution is -2.73. The molecule has 0 radical (unpaired) electrons. The van der Waals surface area contributed by atoms with E-state index in [0.29, 0.717) is 16.6 Å². The van der Waals surface area contributed by atoms with Gasteiger partial charge in [-0.25, -0.2) is 0 Å². The minimum absolute atomic E-state index is 0.512. The first-order valence-corrected chi connectivity index (χ1v) is 18.5. The van der Waals surface area contributed by atoms with E-state index in [1.807, 2.05) is 0 Å². The summed E-state index contributed by atoms with van der Waals surface area (Å²) in [4.78, 5) is 0.